The van der Waals surface area contributed by atoms with Crippen molar-refractivity contribution in [2.45, 2.75) is 53.9 Å². The molecule has 0 amide bonds. The molecule has 0 saturated carbocycles. The molecular formula is C11H24. The summed E-state index contributed by atoms with van der Waals surface area (Å²) in [6, 6.07) is 0. The van der Waals surface area contributed by atoms with E-state index >= 15 is 0 Å². The maximum atomic E-state index is 2.39. The van der Waals surface area contributed by atoms with Crippen molar-refractivity contribution in [3.63, 3.8) is 0 Å². The summed E-state index contributed by atoms with van der Waals surface area (Å²) >= 11 is 0. The highest BCUT2D eigenvalue weighted by molar-refractivity contribution is 4.67. The Bertz CT molecular complexity index is 84.0. The molecule has 0 N–H and O–H groups in total. The van der Waals surface area contributed by atoms with Gasteiger partial charge in [-0.25, -0.2) is 0 Å². The van der Waals surface area contributed by atoms with Crippen molar-refractivity contribution in [2.24, 2.45) is 17.8 Å². The summed E-state index contributed by atoms with van der Waals surface area (Å²) in [5.74, 6) is 2.73. The Morgan fingerprint density at radius 2 is 1.55 bits per heavy atom. The predicted molar refractivity (Wildman–Crippen MR) is 52.7 cm³/mol. The summed E-state index contributed by atoms with van der Waals surface area (Å²) < 4.78 is 0. The van der Waals surface area contributed by atoms with Crippen LogP contribution in [0.5, 0.6) is 0 Å². The quantitative estimate of drug-likeness (QED) is 0.562. The van der Waals surface area contributed by atoms with Gasteiger partial charge in [0.15, 0.2) is 0 Å². The Morgan fingerprint density at radius 3 is 1.82 bits per heavy atom. The lowest BCUT2D eigenvalue weighted by molar-refractivity contribution is 0.245. The van der Waals surface area contributed by atoms with E-state index in [4.69, 9.17) is 0 Å². The Balaban J connectivity index is 3.87. The van der Waals surface area contributed by atoms with Gasteiger partial charge < -0.3 is 0 Å². The van der Waals surface area contributed by atoms with E-state index in [2.05, 4.69) is 34.6 Å². The molecule has 0 aromatic carbocycles. The summed E-state index contributed by atoms with van der Waals surface area (Å²) in [6.07, 6.45) is 4.09. The van der Waals surface area contributed by atoms with Crippen molar-refractivity contribution < 1.29 is 0 Å². The molecule has 11 heavy (non-hydrogen) atoms. The van der Waals surface area contributed by atoms with E-state index < -0.39 is 0 Å². The molecule has 0 nitrogen and oxygen atoms in total. The van der Waals surface area contributed by atoms with Crippen molar-refractivity contribution in [3.05, 3.63) is 0 Å². The average molecular weight is 156 g/mol. The maximum absolute atomic E-state index is 2.39. The van der Waals surface area contributed by atoms with Crippen molar-refractivity contribution in [1.82, 2.24) is 0 Å². The molecule has 0 spiro atoms. The van der Waals surface area contributed by atoms with Gasteiger partial charge in [0.05, 0.1) is 0 Å². The van der Waals surface area contributed by atoms with Crippen LogP contribution in [0.1, 0.15) is 53.9 Å². The van der Waals surface area contributed by atoms with Gasteiger partial charge in [-0.3, -0.25) is 0 Å². The van der Waals surface area contributed by atoms with E-state index in [0.29, 0.717) is 0 Å². The first-order valence-corrected chi connectivity index (χ1v) is 5.13. The molecular weight excluding hydrogens is 132 g/mol. The van der Waals surface area contributed by atoms with Crippen molar-refractivity contribution >= 4 is 0 Å². The lowest BCUT2D eigenvalue weighted by atomic mass is 9.80. The predicted octanol–water partition coefficient (Wildman–Crippen LogP) is 4.10. The molecule has 0 heteroatoms. The van der Waals surface area contributed by atoms with Crippen LogP contribution in [0, 0.1) is 17.8 Å². The second kappa shape index (κ2) is 5.62. The van der Waals surface area contributed by atoms with Gasteiger partial charge in [-0.05, 0) is 17.8 Å². The van der Waals surface area contributed by atoms with Gasteiger partial charge in [0.25, 0.3) is 0 Å². The van der Waals surface area contributed by atoms with Crippen molar-refractivity contribution in [2.75, 3.05) is 0 Å². The third-order valence-corrected chi connectivity index (χ3v) is 2.85. The largest absolute Gasteiger partial charge is 0.0654 e. The van der Waals surface area contributed by atoms with E-state index in [-0.39, 0.29) is 0 Å². The molecule has 0 radical (unpaired) electrons. The van der Waals surface area contributed by atoms with Crippen LogP contribution in [0.4, 0.5) is 0 Å². The fourth-order valence-corrected chi connectivity index (χ4v) is 1.91. The highest BCUT2D eigenvalue weighted by Crippen LogP contribution is 2.27. The minimum atomic E-state index is 0.866. The Hall–Kier alpha value is 0. The molecule has 2 atom stereocenters. The van der Waals surface area contributed by atoms with Gasteiger partial charge in [0.1, 0.15) is 0 Å². The number of hydrogen-bond donors (Lipinski definition) is 0. The highest BCUT2D eigenvalue weighted by atomic mass is 14.2. The fourth-order valence-electron chi connectivity index (χ4n) is 1.91. The molecule has 0 aromatic rings. The molecule has 0 fully saturated rings. The highest BCUT2D eigenvalue weighted by Gasteiger charge is 2.17. The summed E-state index contributed by atoms with van der Waals surface area (Å²) in [5, 5.41) is 0. The summed E-state index contributed by atoms with van der Waals surface area (Å²) in [5.41, 5.74) is 0. The van der Waals surface area contributed by atoms with E-state index in [1.165, 1.54) is 19.3 Å². The van der Waals surface area contributed by atoms with Crippen molar-refractivity contribution in [3.8, 4) is 0 Å². The van der Waals surface area contributed by atoms with Crippen LogP contribution in [0.25, 0.3) is 0 Å². The SMILES string of the molecule is CCCC(C(C)C)C(C)CC. The first-order valence-electron chi connectivity index (χ1n) is 5.13. The molecule has 0 aliphatic heterocycles. The Kier molecular flexibility index (Phi) is 5.62. The van der Waals surface area contributed by atoms with E-state index in [0.717, 1.165) is 17.8 Å². The van der Waals surface area contributed by atoms with Gasteiger partial charge in [0.2, 0.25) is 0 Å². The molecule has 0 aliphatic rings. The first-order chi connectivity index (χ1) is 5.13. The fraction of sp³-hybridized carbons (Fsp3) is 1.00. The van der Waals surface area contributed by atoms with Crippen LogP contribution in [-0.4, -0.2) is 0 Å². The standard InChI is InChI=1S/C11H24/c1-6-8-11(9(3)4)10(5)7-2/h9-11H,6-8H2,1-5H3. The zero-order chi connectivity index (χ0) is 8.85. The third kappa shape index (κ3) is 3.79. The smallest absolute Gasteiger partial charge is 0.0366 e. The van der Waals surface area contributed by atoms with Gasteiger partial charge in [0, 0.05) is 0 Å². The van der Waals surface area contributed by atoms with Crippen LogP contribution in [0.3, 0.4) is 0 Å². The van der Waals surface area contributed by atoms with Crippen molar-refractivity contribution in [1.29, 1.82) is 0 Å². The average Bonchev–Trinajstić information content (AvgIpc) is 1.98. The molecule has 0 heterocycles. The molecule has 0 aromatic heterocycles. The second-order valence-electron chi connectivity index (χ2n) is 4.08. The topological polar surface area (TPSA) is 0 Å². The molecule has 68 valence electrons. The van der Waals surface area contributed by atoms with Crippen LogP contribution in [0.15, 0.2) is 0 Å². The maximum Gasteiger partial charge on any atom is -0.0366 e. The van der Waals surface area contributed by atoms with E-state index in [1.54, 1.807) is 0 Å². The van der Waals surface area contributed by atoms with Crippen LogP contribution in [0.2, 0.25) is 0 Å². The van der Waals surface area contributed by atoms with Crippen LogP contribution < -0.4 is 0 Å². The van der Waals surface area contributed by atoms with E-state index in [9.17, 15) is 0 Å². The Labute approximate surface area is 72.4 Å². The van der Waals surface area contributed by atoms with Crippen LogP contribution in [-0.2, 0) is 0 Å². The van der Waals surface area contributed by atoms with Gasteiger partial charge >= 0.3 is 0 Å². The van der Waals surface area contributed by atoms with Gasteiger partial charge in [-0.2, -0.15) is 0 Å². The lowest BCUT2D eigenvalue weighted by Crippen LogP contribution is -2.16. The monoisotopic (exact) mass is 156 g/mol. The Morgan fingerprint density at radius 1 is 1.00 bits per heavy atom. The normalized spacial score (nSPS) is 16.9. The van der Waals surface area contributed by atoms with E-state index in [1.807, 2.05) is 0 Å². The zero-order valence-corrected chi connectivity index (χ0v) is 8.85. The minimum Gasteiger partial charge on any atom is -0.0654 e. The summed E-state index contributed by atoms with van der Waals surface area (Å²) in [7, 11) is 0. The molecule has 0 aliphatic carbocycles. The lowest BCUT2D eigenvalue weighted by Gasteiger charge is -2.26. The summed E-state index contributed by atoms with van der Waals surface area (Å²) in [4.78, 5) is 0. The van der Waals surface area contributed by atoms with Gasteiger partial charge in [-0.1, -0.05) is 53.9 Å². The van der Waals surface area contributed by atoms with Crippen LogP contribution >= 0.6 is 0 Å². The second-order valence-corrected chi connectivity index (χ2v) is 4.08. The molecule has 0 saturated heterocycles. The third-order valence-electron chi connectivity index (χ3n) is 2.85. The van der Waals surface area contributed by atoms with Gasteiger partial charge in [-0.15, -0.1) is 0 Å². The first kappa shape index (κ1) is 11.0. The number of hydrogen-bond acceptors (Lipinski definition) is 0. The minimum absolute atomic E-state index is 0.866. The zero-order valence-electron chi connectivity index (χ0n) is 8.85. The number of rotatable bonds is 5. The molecule has 0 bridgehead atoms. The molecule has 0 rings (SSSR count). The summed E-state index contributed by atoms with van der Waals surface area (Å²) in [6.45, 7) is 11.7. The molecule has 2 unspecified atom stereocenters.